The van der Waals surface area contributed by atoms with Gasteiger partial charge in [-0.2, -0.15) is 0 Å². The quantitative estimate of drug-likeness (QED) is 0.783. The van der Waals surface area contributed by atoms with Crippen molar-refractivity contribution in [1.82, 2.24) is 5.32 Å². The molecule has 0 radical (unpaired) electrons. The standard InChI is InChI=1S/C13H20N2S/c1-4-7-11(3)14-13(16)15-12-9-6-5-8-10(12)2/h5-6,8-9,11H,4,7H2,1-3H3,(H2,14,15,16)/t11-/m0/s1. The van der Waals surface area contributed by atoms with Crippen molar-refractivity contribution in [3.05, 3.63) is 29.8 Å². The molecule has 3 heteroatoms. The third-order valence-corrected chi connectivity index (χ3v) is 2.71. The van der Waals surface area contributed by atoms with Crippen LogP contribution in [0.15, 0.2) is 24.3 Å². The Morgan fingerprint density at radius 1 is 1.38 bits per heavy atom. The van der Waals surface area contributed by atoms with E-state index in [0.717, 1.165) is 12.1 Å². The van der Waals surface area contributed by atoms with Crippen LogP contribution >= 0.6 is 12.2 Å². The second-order valence-corrected chi connectivity index (χ2v) is 4.51. The van der Waals surface area contributed by atoms with Crippen molar-refractivity contribution in [1.29, 1.82) is 0 Å². The fourth-order valence-corrected chi connectivity index (χ4v) is 1.91. The van der Waals surface area contributed by atoms with Crippen LogP contribution in [0.5, 0.6) is 0 Å². The highest BCUT2D eigenvalue weighted by Crippen LogP contribution is 2.12. The number of anilines is 1. The minimum absolute atomic E-state index is 0.425. The van der Waals surface area contributed by atoms with Crippen molar-refractivity contribution in [2.45, 2.75) is 39.7 Å². The zero-order chi connectivity index (χ0) is 12.0. The molecule has 0 aliphatic heterocycles. The molecule has 1 aromatic rings. The molecule has 2 N–H and O–H groups in total. The molecule has 0 spiro atoms. The molecule has 0 saturated carbocycles. The predicted molar refractivity (Wildman–Crippen MR) is 74.9 cm³/mol. The highest BCUT2D eigenvalue weighted by atomic mass is 32.1. The Morgan fingerprint density at radius 3 is 2.69 bits per heavy atom. The summed E-state index contributed by atoms with van der Waals surface area (Å²) < 4.78 is 0. The fourth-order valence-electron chi connectivity index (χ4n) is 1.60. The first-order valence-corrected chi connectivity index (χ1v) is 6.17. The summed E-state index contributed by atoms with van der Waals surface area (Å²) in [7, 11) is 0. The van der Waals surface area contributed by atoms with Crippen LogP contribution in [0.25, 0.3) is 0 Å². The SMILES string of the molecule is CCC[C@H](C)NC(=S)Nc1ccccc1C. The number of aryl methyl sites for hydroxylation is 1. The van der Waals surface area contributed by atoms with Gasteiger partial charge in [0.25, 0.3) is 0 Å². The lowest BCUT2D eigenvalue weighted by molar-refractivity contribution is 0.599. The van der Waals surface area contributed by atoms with Crippen LogP contribution < -0.4 is 10.6 Å². The molecule has 0 saturated heterocycles. The van der Waals surface area contributed by atoms with Gasteiger partial charge in [-0.05, 0) is 44.1 Å². The smallest absolute Gasteiger partial charge is 0.170 e. The van der Waals surface area contributed by atoms with E-state index in [1.54, 1.807) is 0 Å². The summed E-state index contributed by atoms with van der Waals surface area (Å²) in [6.07, 6.45) is 2.30. The van der Waals surface area contributed by atoms with Crippen LogP contribution in [0.3, 0.4) is 0 Å². The number of benzene rings is 1. The van der Waals surface area contributed by atoms with Gasteiger partial charge in [-0.3, -0.25) is 0 Å². The molecule has 1 rings (SSSR count). The zero-order valence-electron chi connectivity index (χ0n) is 10.2. The summed E-state index contributed by atoms with van der Waals surface area (Å²) in [5, 5.41) is 7.20. The molecule has 1 atom stereocenters. The molecule has 0 bridgehead atoms. The third-order valence-electron chi connectivity index (χ3n) is 2.49. The number of nitrogens with one attached hydrogen (secondary N) is 2. The van der Waals surface area contributed by atoms with Gasteiger partial charge in [0.1, 0.15) is 0 Å². The highest BCUT2D eigenvalue weighted by molar-refractivity contribution is 7.80. The first-order chi connectivity index (χ1) is 7.63. The van der Waals surface area contributed by atoms with Crippen LogP contribution in [-0.2, 0) is 0 Å². The van der Waals surface area contributed by atoms with Crippen molar-refractivity contribution < 1.29 is 0 Å². The Hall–Kier alpha value is -1.09. The van der Waals surface area contributed by atoms with Gasteiger partial charge in [0, 0.05) is 11.7 Å². The molecular weight excluding hydrogens is 216 g/mol. The number of rotatable bonds is 4. The summed E-state index contributed by atoms with van der Waals surface area (Å²) in [4.78, 5) is 0. The molecular formula is C13H20N2S. The first kappa shape index (κ1) is 13.0. The van der Waals surface area contributed by atoms with Crippen LogP contribution in [0.1, 0.15) is 32.3 Å². The first-order valence-electron chi connectivity index (χ1n) is 5.76. The predicted octanol–water partition coefficient (Wildman–Crippen LogP) is 3.47. The van der Waals surface area contributed by atoms with Gasteiger partial charge in [-0.15, -0.1) is 0 Å². The van der Waals surface area contributed by atoms with Gasteiger partial charge < -0.3 is 10.6 Å². The zero-order valence-corrected chi connectivity index (χ0v) is 11.0. The lowest BCUT2D eigenvalue weighted by Crippen LogP contribution is -2.35. The molecule has 0 heterocycles. The molecule has 88 valence electrons. The summed E-state index contributed by atoms with van der Waals surface area (Å²) in [5.74, 6) is 0. The van der Waals surface area contributed by atoms with E-state index in [-0.39, 0.29) is 0 Å². The van der Waals surface area contributed by atoms with Crippen LogP contribution in [0, 0.1) is 6.92 Å². The highest BCUT2D eigenvalue weighted by Gasteiger charge is 2.04. The average molecular weight is 236 g/mol. The second-order valence-electron chi connectivity index (χ2n) is 4.10. The summed E-state index contributed by atoms with van der Waals surface area (Å²) in [5.41, 5.74) is 2.28. The molecule has 16 heavy (non-hydrogen) atoms. The number of hydrogen-bond donors (Lipinski definition) is 2. The van der Waals surface area contributed by atoms with E-state index in [0.29, 0.717) is 11.2 Å². The maximum Gasteiger partial charge on any atom is 0.170 e. The Balaban J connectivity index is 2.49. The van der Waals surface area contributed by atoms with Gasteiger partial charge in [0.05, 0.1) is 0 Å². The number of hydrogen-bond acceptors (Lipinski definition) is 1. The molecule has 0 amide bonds. The fraction of sp³-hybridized carbons (Fsp3) is 0.462. The monoisotopic (exact) mass is 236 g/mol. The number of thiocarbonyl (C=S) groups is 1. The molecule has 0 unspecified atom stereocenters. The molecule has 0 aliphatic carbocycles. The number of para-hydroxylation sites is 1. The van der Waals surface area contributed by atoms with Gasteiger partial charge in [0.2, 0.25) is 0 Å². The Bertz CT molecular complexity index is 350. The van der Waals surface area contributed by atoms with E-state index in [4.69, 9.17) is 12.2 Å². The minimum atomic E-state index is 0.425. The summed E-state index contributed by atoms with van der Waals surface area (Å²) in [6.45, 7) is 6.39. The minimum Gasteiger partial charge on any atom is -0.360 e. The lowest BCUT2D eigenvalue weighted by Gasteiger charge is -2.17. The van der Waals surface area contributed by atoms with Crippen molar-refractivity contribution in [3.8, 4) is 0 Å². The van der Waals surface area contributed by atoms with Gasteiger partial charge in [-0.1, -0.05) is 31.5 Å². The van der Waals surface area contributed by atoms with Crippen LogP contribution in [-0.4, -0.2) is 11.2 Å². The van der Waals surface area contributed by atoms with E-state index in [2.05, 4.69) is 37.5 Å². The topological polar surface area (TPSA) is 24.1 Å². The van der Waals surface area contributed by atoms with Gasteiger partial charge >= 0.3 is 0 Å². The Kier molecular flexibility index (Phi) is 5.26. The molecule has 0 fully saturated rings. The molecule has 2 nitrogen and oxygen atoms in total. The maximum atomic E-state index is 5.26. The van der Waals surface area contributed by atoms with E-state index >= 15 is 0 Å². The molecule has 1 aromatic carbocycles. The van der Waals surface area contributed by atoms with Crippen molar-refractivity contribution in [2.75, 3.05) is 5.32 Å². The van der Waals surface area contributed by atoms with Crippen molar-refractivity contribution in [3.63, 3.8) is 0 Å². The summed E-state index contributed by atoms with van der Waals surface area (Å²) >= 11 is 5.26. The normalized spacial score (nSPS) is 11.9. The van der Waals surface area contributed by atoms with E-state index in [1.807, 2.05) is 18.2 Å². The van der Waals surface area contributed by atoms with E-state index in [1.165, 1.54) is 12.0 Å². The second kappa shape index (κ2) is 6.48. The van der Waals surface area contributed by atoms with Gasteiger partial charge in [-0.25, -0.2) is 0 Å². The van der Waals surface area contributed by atoms with Crippen LogP contribution in [0.2, 0.25) is 0 Å². The molecule has 0 aliphatic rings. The van der Waals surface area contributed by atoms with E-state index < -0.39 is 0 Å². The lowest BCUT2D eigenvalue weighted by atomic mass is 10.2. The Labute approximate surface area is 103 Å². The Morgan fingerprint density at radius 2 is 2.06 bits per heavy atom. The van der Waals surface area contributed by atoms with Crippen molar-refractivity contribution >= 4 is 23.0 Å². The maximum absolute atomic E-state index is 5.26. The van der Waals surface area contributed by atoms with E-state index in [9.17, 15) is 0 Å². The molecule has 0 aromatic heterocycles. The summed E-state index contributed by atoms with van der Waals surface area (Å²) in [6, 6.07) is 8.56. The van der Waals surface area contributed by atoms with Crippen LogP contribution in [0.4, 0.5) is 5.69 Å². The van der Waals surface area contributed by atoms with Gasteiger partial charge in [0.15, 0.2) is 5.11 Å². The third kappa shape index (κ3) is 4.19. The largest absolute Gasteiger partial charge is 0.360 e. The average Bonchev–Trinajstić information content (AvgIpc) is 2.21. The van der Waals surface area contributed by atoms with Crippen molar-refractivity contribution in [2.24, 2.45) is 0 Å².